The maximum atomic E-state index is 11.9. The van der Waals surface area contributed by atoms with Gasteiger partial charge in [-0.15, -0.1) is 0 Å². The standard InChI is InChI=1S/C14H24O4/c1-4-13(3,11(15)16)14(5-2,12(17)18)10-8-6-7-9-10/h10H,4-9H2,1-3H3,(H,15,16)(H,17,18). The Morgan fingerprint density at radius 3 is 1.83 bits per heavy atom. The molecule has 1 rings (SSSR count). The Bertz CT molecular complexity index is 333. The second-order valence-corrected chi connectivity index (χ2v) is 5.60. The van der Waals surface area contributed by atoms with Crippen molar-refractivity contribution in [2.24, 2.45) is 16.7 Å². The Morgan fingerprint density at radius 2 is 1.56 bits per heavy atom. The molecule has 104 valence electrons. The molecular weight excluding hydrogens is 232 g/mol. The first-order valence-electron chi connectivity index (χ1n) is 6.83. The predicted molar refractivity (Wildman–Crippen MR) is 68.4 cm³/mol. The number of hydrogen-bond donors (Lipinski definition) is 2. The van der Waals surface area contributed by atoms with Crippen molar-refractivity contribution in [1.29, 1.82) is 0 Å². The molecule has 0 aromatic heterocycles. The highest BCUT2D eigenvalue weighted by Gasteiger charge is 2.60. The van der Waals surface area contributed by atoms with Crippen LogP contribution >= 0.6 is 0 Å². The number of rotatable bonds is 6. The summed E-state index contributed by atoms with van der Waals surface area (Å²) in [6, 6.07) is 0. The molecule has 0 heterocycles. The van der Waals surface area contributed by atoms with Gasteiger partial charge in [0.15, 0.2) is 0 Å². The van der Waals surface area contributed by atoms with Crippen molar-refractivity contribution >= 4 is 11.9 Å². The van der Waals surface area contributed by atoms with E-state index in [4.69, 9.17) is 0 Å². The van der Waals surface area contributed by atoms with Crippen LogP contribution in [0.25, 0.3) is 0 Å². The topological polar surface area (TPSA) is 74.6 Å². The van der Waals surface area contributed by atoms with Crippen molar-refractivity contribution in [2.45, 2.75) is 59.3 Å². The van der Waals surface area contributed by atoms with Gasteiger partial charge in [0.1, 0.15) is 0 Å². The van der Waals surface area contributed by atoms with Crippen LogP contribution in [0.3, 0.4) is 0 Å². The number of carboxylic acids is 2. The van der Waals surface area contributed by atoms with Crippen LogP contribution in [0.4, 0.5) is 0 Å². The number of hydrogen-bond acceptors (Lipinski definition) is 2. The summed E-state index contributed by atoms with van der Waals surface area (Å²) in [7, 11) is 0. The Kier molecular flexibility index (Phi) is 4.41. The molecule has 1 aliphatic carbocycles. The van der Waals surface area contributed by atoms with E-state index in [0.717, 1.165) is 25.7 Å². The lowest BCUT2D eigenvalue weighted by atomic mass is 9.55. The van der Waals surface area contributed by atoms with E-state index in [2.05, 4.69) is 0 Å². The van der Waals surface area contributed by atoms with E-state index in [9.17, 15) is 19.8 Å². The molecule has 0 radical (unpaired) electrons. The molecule has 0 aromatic rings. The summed E-state index contributed by atoms with van der Waals surface area (Å²) in [6.45, 7) is 5.19. The quantitative estimate of drug-likeness (QED) is 0.765. The van der Waals surface area contributed by atoms with Crippen LogP contribution < -0.4 is 0 Å². The van der Waals surface area contributed by atoms with E-state index < -0.39 is 22.8 Å². The van der Waals surface area contributed by atoms with Crippen LogP contribution in [0.1, 0.15) is 59.3 Å². The molecule has 1 aliphatic rings. The molecule has 2 unspecified atom stereocenters. The van der Waals surface area contributed by atoms with Gasteiger partial charge in [0.25, 0.3) is 0 Å². The highest BCUT2D eigenvalue weighted by atomic mass is 16.4. The molecule has 0 aliphatic heterocycles. The van der Waals surface area contributed by atoms with Crippen LogP contribution in [0.5, 0.6) is 0 Å². The Morgan fingerprint density at radius 1 is 1.06 bits per heavy atom. The average Bonchev–Trinajstić information content (AvgIpc) is 2.83. The molecular formula is C14H24O4. The van der Waals surface area contributed by atoms with Crippen LogP contribution in [0, 0.1) is 16.7 Å². The molecule has 1 fully saturated rings. The van der Waals surface area contributed by atoms with Crippen LogP contribution in [0.15, 0.2) is 0 Å². The van der Waals surface area contributed by atoms with E-state index in [1.807, 2.05) is 6.92 Å². The summed E-state index contributed by atoms with van der Waals surface area (Å²) in [6.07, 6.45) is 4.42. The van der Waals surface area contributed by atoms with E-state index in [-0.39, 0.29) is 5.92 Å². The SMILES string of the molecule is CCC(C)(C(=O)O)C(CC)(C(=O)O)C1CCCC1. The molecule has 18 heavy (non-hydrogen) atoms. The molecule has 4 nitrogen and oxygen atoms in total. The summed E-state index contributed by atoms with van der Waals surface area (Å²) < 4.78 is 0. The first kappa shape index (κ1) is 15.0. The monoisotopic (exact) mass is 256 g/mol. The largest absolute Gasteiger partial charge is 0.481 e. The van der Waals surface area contributed by atoms with Crippen molar-refractivity contribution in [3.05, 3.63) is 0 Å². The molecule has 4 heteroatoms. The molecule has 0 spiro atoms. The molecule has 2 N–H and O–H groups in total. The Labute approximate surface area is 108 Å². The lowest BCUT2D eigenvalue weighted by Gasteiger charge is -2.46. The van der Waals surface area contributed by atoms with Crippen molar-refractivity contribution in [3.63, 3.8) is 0 Å². The zero-order valence-corrected chi connectivity index (χ0v) is 11.5. The number of carboxylic acid groups (broad SMARTS) is 2. The van der Waals surface area contributed by atoms with Gasteiger partial charge in [-0.1, -0.05) is 26.7 Å². The predicted octanol–water partition coefficient (Wildman–Crippen LogP) is 3.16. The lowest BCUT2D eigenvalue weighted by Crippen LogP contribution is -2.54. The van der Waals surface area contributed by atoms with Crippen LogP contribution in [-0.2, 0) is 9.59 Å². The maximum absolute atomic E-state index is 11.9. The zero-order chi connectivity index (χ0) is 14.0. The zero-order valence-electron chi connectivity index (χ0n) is 11.5. The first-order chi connectivity index (χ1) is 8.36. The fourth-order valence-electron chi connectivity index (χ4n) is 3.77. The third kappa shape index (κ3) is 1.91. The second kappa shape index (κ2) is 5.29. The summed E-state index contributed by atoms with van der Waals surface area (Å²) in [5.74, 6) is -1.94. The third-order valence-electron chi connectivity index (χ3n) is 5.16. The maximum Gasteiger partial charge on any atom is 0.311 e. The molecule has 0 amide bonds. The summed E-state index contributed by atoms with van der Waals surface area (Å²) in [5, 5.41) is 19.3. The minimum atomic E-state index is -1.19. The van der Waals surface area contributed by atoms with Gasteiger partial charge < -0.3 is 10.2 Å². The van der Waals surface area contributed by atoms with E-state index in [0.29, 0.717) is 12.8 Å². The van der Waals surface area contributed by atoms with Gasteiger partial charge in [-0.05, 0) is 38.5 Å². The van der Waals surface area contributed by atoms with E-state index >= 15 is 0 Å². The van der Waals surface area contributed by atoms with Gasteiger partial charge in [0.05, 0.1) is 10.8 Å². The Balaban J connectivity index is 3.33. The number of carbonyl (C=O) groups is 2. The summed E-state index contributed by atoms with van der Waals surface area (Å²) in [5.41, 5.74) is -2.33. The number of aliphatic carboxylic acids is 2. The first-order valence-corrected chi connectivity index (χ1v) is 6.83. The van der Waals surface area contributed by atoms with Gasteiger partial charge in [-0.2, -0.15) is 0 Å². The Hall–Kier alpha value is -1.06. The van der Waals surface area contributed by atoms with Crippen molar-refractivity contribution in [1.82, 2.24) is 0 Å². The minimum absolute atomic E-state index is 0.0129. The van der Waals surface area contributed by atoms with Gasteiger partial charge in [-0.3, -0.25) is 9.59 Å². The molecule has 0 aromatic carbocycles. The lowest BCUT2D eigenvalue weighted by molar-refractivity contribution is -0.180. The third-order valence-corrected chi connectivity index (χ3v) is 5.16. The van der Waals surface area contributed by atoms with Crippen molar-refractivity contribution in [3.8, 4) is 0 Å². The fourth-order valence-corrected chi connectivity index (χ4v) is 3.77. The van der Waals surface area contributed by atoms with E-state index in [1.54, 1.807) is 13.8 Å². The molecule has 1 saturated carbocycles. The summed E-state index contributed by atoms with van der Waals surface area (Å²) >= 11 is 0. The van der Waals surface area contributed by atoms with Gasteiger partial charge >= 0.3 is 11.9 Å². The second-order valence-electron chi connectivity index (χ2n) is 5.60. The van der Waals surface area contributed by atoms with Crippen molar-refractivity contribution in [2.75, 3.05) is 0 Å². The van der Waals surface area contributed by atoms with Gasteiger partial charge in [0.2, 0.25) is 0 Å². The van der Waals surface area contributed by atoms with Crippen LogP contribution in [-0.4, -0.2) is 22.2 Å². The smallest absolute Gasteiger partial charge is 0.311 e. The van der Waals surface area contributed by atoms with Gasteiger partial charge in [-0.25, -0.2) is 0 Å². The fraction of sp³-hybridized carbons (Fsp3) is 0.857. The van der Waals surface area contributed by atoms with E-state index in [1.165, 1.54) is 0 Å². The average molecular weight is 256 g/mol. The highest BCUT2D eigenvalue weighted by Crippen LogP contribution is 2.55. The highest BCUT2D eigenvalue weighted by molar-refractivity contribution is 5.86. The van der Waals surface area contributed by atoms with Crippen molar-refractivity contribution < 1.29 is 19.8 Å². The summed E-state index contributed by atoms with van der Waals surface area (Å²) in [4.78, 5) is 23.5. The normalized spacial score (nSPS) is 23.3. The molecule has 0 bridgehead atoms. The minimum Gasteiger partial charge on any atom is -0.481 e. The molecule has 0 saturated heterocycles. The molecule has 2 atom stereocenters. The van der Waals surface area contributed by atoms with Crippen LogP contribution in [0.2, 0.25) is 0 Å². The van der Waals surface area contributed by atoms with Gasteiger partial charge in [0, 0.05) is 0 Å².